The van der Waals surface area contributed by atoms with Crippen molar-refractivity contribution in [3.63, 3.8) is 0 Å². The van der Waals surface area contributed by atoms with Crippen LogP contribution in [-0.2, 0) is 4.74 Å². The van der Waals surface area contributed by atoms with Gasteiger partial charge in [0.1, 0.15) is 11.4 Å². The van der Waals surface area contributed by atoms with Crippen molar-refractivity contribution in [1.29, 1.82) is 0 Å². The first-order chi connectivity index (χ1) is 11.0. The fraction of sp³-hybridized carbons (Fsp3) is 0.588. The van der Waals surface area contributed by atoms with Crippen LogP contribution in [0.25, 0.3) is 0 Å². The Morgan fingerprint density at radius 1 is 1.17 bits per heavy atom. The molecule has 0 bridgehead atoms. The minimum Gasteiger partial charge on any atom is -0.453 e. The van der Waals surface area contributed by atoms with Crippen LogP contribution in [0.3, 0.4) is 0 Å². The van der Waals surface area contributed by atoms with Gasteiger partial charge in [-0.2, -0.15) is 4.39 Å². The molecule has 1 aliphatic rings. The number of hydrogen-bond donors (Lipinski definition) is 0. The van der Waals surface area contributed by atoms with Gasteiger partial charge < -0.3 is 14.4 Å². The van der Waals surface area contributed by atoms with E-state index in [1.165, 1.54) is 12.1 Å². The van der Waals surface area contributed by atoms with Crippen molar-refractivity contribution >= 4 is 6.09 Å². The zero-order valence-corrected chi connectivity index (χ0v) is 14.2. The standard InChI is InChI=1S/C17H22F3NO3/c1-16(2,3)24-15(22)21-9-12(10-21)11-5-7-13(8-6-11)23-17(4,20)14(18)19/h5-8,12,14H,9-10H2,1-4H3. The number of halogens is 3. The first-order valence-corrected chi connectivity index (χ1v) is 7.72. The molecule has 1 saturated heterocycles. The lowest BCUT2D eigenvalue weighted by Crippen LogP contribution is -2.50. The van der Waals surface area contributed by atoms with Crippen LogP contribution >= 0.6 is 0 Å². The van der Waals surface area contributed by atoms with E-state index in [0.29, 0.717) is 20.0 Å². The molecule has 0 saturated carbocycles. The molecular weight excluding hydrogens is 323 g/mol. The number of carbonyl (C=O) groups excluding carboxylic acids is 1. The number of hydrogen-bond acceptors (Lipinski definition) is 3. The van der Waals surface area contributed by atoms with Gasteiger partial charge in [-0.25, -0.2) is 13.6 Å². The molecule has 134 valence electrons. The fourth-order valence-electron chi connectivity index (χ4n) is 2.25. The van der Waals surface area contributed by atoms with Crippen LogP contribution < -0.4 is 4.74 Å². The van der Waals surface area contributed by atoms with Crippen molar-refractivity contribution in [2.24, 2.45) is 0 Å². The number of nitrogens with zero attached hydrogens (tertiary/aromatic N) is 1. The summed E-state index contributed by atoms with van der Waals surface area (Å²) in [6.45, 7) is 7.15. The molecule has 1 heterocycles. The average molecular weight is 345 g/mol. The van der Waals surface area contributed by atoms with Gasteiger partial charge >= 0.3 is 18.4 Å². The molecule has 24 heavy (non-hydrogen) atoms. The molecule has 1 unspecified atom stereocenters. The smallest absolute Gasteiger partial charge is 0.410 e. The van der Waals surface area contributed by atoms with Gasteiger partial charge in [0.15, 0.2) is 0 Å². The molecule has 0 aromatic heterocycles. The van der Waals surface area contributed by atoms with E-state index in [1.807, 2.05) is 0 Å². The number of rotatable bonds is 4. The Morgan fingerprint density at radius 3 is 2.17 bits per heavy atom. The molecule has 1 fully saturated rings. The molecule has 0 N–H and O–H groups in total. The van der Waals surface area contributed by atoms with Crippen molar-refractivity contribution in [3.8, 4) is 5.75 Å². The first-order valence-electron chi connectivity index (χ1n) is 7.72. The quantitative estimate of drug-likeness (QED) is 0.814. The summed E-state index contributed by atoms with van der Waals surface area (Å²) in [6, 6.07) is 6.28. The summed E-state index contributed by atoms with van der Waals surface area (Å²) in [7, 11) is 0. The normalized spacial score (nSPS) is 18.1. The van der Waals surface area contributed by atoms with Gasteiger partial charge in [0.25, 0.3) is 0 Å². The molecule has 1 aromatic carbocycles. The summed E-state index contributed by atoms with van der Waals surface area (Å²) < 4.78 is 48.3. The molecule has 0 spiro atoms. The second-order valence-electron chi connectivity index (χ2n) is 7.04. The predicted octanol–water partition coefficient (Wildman–Crippen LogP) is 4.35. The van der Waals surface area contributed by atoms with Crippen molar-refractivity contribution < 1.29 is 27.4 Å². The molecule has 1 amide bonds. The molecule has 7 heteroatoms. The highest BCUT2D eigenvalue weighted by Gasteiger charge is 2.38. The summed E-state index contributed by atoms with van der Waals surface area (Å²) in [5.74, 6) is -2.85. The monoisotopic (exact) mass is 345 g/mol. The summed E-state index contributed by atoms with van der Waals surface area (Å²) >= 11 is 0. The third-order valence-electron chi connectivity index (χ3n) is 3.59. The number of carbonyl (C=O) groups is 1. The van der Waals surface area contributed by atoms with E-state index in [0.717, 1.165) is 5.56 Å². The third kappa shape index (κ3) is 4.55. The molecule has 2 rings (SSSR count). The lowest BCUT2D eigenvalue weighted by Gasteiger charge is -2.40. The minimum atomic E-state index is -3.23. The Bertz CT molecular complexity index is 576. The topological polar surface area (TPSA) is 38.8 Å². The summed E-state index contributed by atoms with van der Waals surface area (Å²) in [4.78, 5) is 13.5. The van der Waals surface area contributed by atoms with Crippen LogP contribution in [-0.4, -0.2) is 42.0 Å². The predicted molar refractivity (Wildman–Crippen MR) is 83.1 cm³/mol. The van der Waals surface area contributed by atoms with Crippen molar-refractivity contribution in [3.05, 3.63) is 29.8 Å². The summed E-state index contributed by atoms with van der Waals surface area (Å²) in [6.07, 6.45) is -3.59. The second-order valence-corrected chi connectivity index (χ2v) is 7.04. The zero-order valence-electron chi connectivity index (χ0n) is 14.2. The van der Waals surface area contributed by atoms with Crippen LogP contribution in [0.5, 0.6) is 5.75 Å². The molecule has 1 aromatic rings. The van der Waals surface area contributed by atoms with E-state index < -0.39 is 17.9 Å². The Labute approximate surface area is 139 Å². The number of amides is 1. The third-order valence-corrected chi connectivity index (χ3v) is 3.59. The molecule has 1 aliphatic heterocycles. The molecule has 0 radical (unpaired) electrons. The fourth-order valence-corrected chi connectivity index (χ4v) is 2.25. The summed E-state index contributed by atoms with van der Waals surface area (Å²) in [5.41, 5.74) is 0.394. The van der Waals surface area contributed by atoms with Gasteiger partial charge in [-0.15, -0.1) is 0 Å². The minimum absolute atomic E-state index is 0.0346. The van der Waals surface area contributed by atoms with Crippen molar-refractivity contribution in [2.45, 2.75) is 51.5 Å². The number of ether oxygens (including phenoxy) is 2. The molecule has 1 atom stereocenters. The maximum atomic E-state index is 13.5. The van der Waals surface area contributed by atoms with E-state index in [-0.39, 0.29) is 17.8 Å². The van der Waals surface area contributed by atoms with Crippen LogP contribution in [0, 0.1) is 0 Å². The van der Waals surface area contributed by atoms with Gasteiger partial charge in [-0.05, 0) is 38.5 Å². The highest BCUT2D eigenvalue weighted by molar-refractivity contribution is 5.69. The van der Waals surface area contributed by atoms with Gasteiger partial charge in [0.05, 0.1) is 0 Å². The number of alkyl halides is 3. The van der Waals surface area contributed by atoms with Gasteiger partial charge in [-0.3, -0.25) is 0 Å². The Morgan fingerprint density at radius 2 is 1.71 bits per heavy atom. The number of benzene rings is 1. The van der Waals surface area contributed by atoms with Crippen LogP contribution in [0.4, 0.5) is 18.0 Å². The Balaban J connectivity index is 1.89. The highest BCUT2D eigenvalue weighted by Crippen LogP contribution is 2.31. The van der Waals surface area contributed by atoms with Crippen molar-refractivity contribution in [1.82, 2.24) is 4.90 Å². The number of likely N-dealkylation sites (tertiary alicyclic amines) is 1. The van der Waals surface area contributed by atoms with Gasteiger partial charge in [0.2, 0.25) is 0 Å². The van der Waals surface area contributed by atoms with E-state index in [2.05, 4.69) is 4.74 Å². The maximum Gasteiger partial charge on any atom is 0.410 e. The van der Waals surface area contributed by atoms with Crippen molar-refractivity contribution in [2.75, 3.05) is 13.1 Å². The molecule has 0 aliphatic carbocycles. The lowest BCUT2D eigenvalue weighted by molar-refractivity contribution is -0.152. The van der Waals surface area contributed by atoms with E-state index in [9.17, 15) is 18.0 Å². The average Bonchev–Trinajstić information content (AvgIpc) is 2.36. The lowest BCUT2D eigenvalue weighted by atomic mass is 9.92. The maximum absolute atomic E-state index is 13.5. The van der Waals surface area contributed by atoms with E-state index in [4.69, 9.17) is 4.74 Å². The molecule has 4 nitrogen and oxygen atoms in total. The van der Waals surface area contributed by atoms with Gasteiger partial charge in [-0.1, -0.05) is 12.1 Å². The van der Waals surface area contributed by atoms with Gasteiger partial charge in [0, 0.05) is 25.9 Å². The largest absolute Gasteiger partial charge is 0.453 e. The SMILES string of the molecule is CC(C)(C)OC(=O)N1CC(c2ccc(OC(C)(F)C(F)F)cc2)C1. The molecular formula is C17H22F3NO3. The van der Waals surface area contributed by atoms with E-state index >= 15 is 0 Å². The Kier molecular flexibility index (Phi) is 5.01. The van der Waals surface area contributed by atoms with Crippen LogP contribution in [0.1, 0.15) is 39.2 Å². The highest BCUT2D eigenvalue weighted by atomic mass is 19.3. The summed E-state index contributed by atoms with van der Waals surface area (Å²) in [5, 5.41) is 0. The Hall–Kier alpha value is -1.92. The van der Waals surface area contributed by atoms with Crippen LogP contribution in [0.15, 0.2) is 24.3 Å². The van der Waals surface area contributed by atoms with Crippen LogP contribution in [0.2, 0.25) is 0 Å². The second kappa shape index (κ2) is 6.53. The first kappa shape index (κ1) is 18.4. The zero-order chi connectivity index (χ0) is 18.1. The van der Waals surface area contributed by atoms with E-state index in [1.54, 1.807) is 37.8 Å².